The van der Waals surface area contributed by atoms with Crippen molar-refractivity contribution in [3.8, 4) is 0 Å². The van der Waals surface area contributed by atoms with Crippen LogP contribution >= 0.6 is 0 Å². The van der Waals surface area contributed by atoms with Crippen molar-refractivity contribution >= 4 is 23.3 Å². The first kappa shape index (κ1) is 16.2. The molecular formula is C19H21N3O2. The average molecular weight is 323 g/mol. The lowest BCUT2D eigenvalue weighted by atomic mass is 9.95. The maximum atomic E-state index is 10.8. The van der Waals surface area contributed by atoms with Gasteiger partial charge in [-0.25, -0.2) is 0 Å². The second-order valence-electron chi connectivity index (χ2n) is 6.14. The van der Waals surface area contributed by atoms with Gasteiger partial charge in [-0.2, -0.15) is 0 Å². The number of hydrogen-bond acceptors (Lipinski definition) is 4. The number of aliphatic imine (C=N–C) groups is 1. The van der Waals surface area contributed by atoms with E-state index in [1.807, 2.05) is 24.3 Å². The summed E-state index contributed by atoms with van der Waals surface area (Å²) in [7, 11) is 0. The minimum atomic E-state index is -0.400. The highest BCUT2D eigenvalue weighted by molar-refractivity contribution is 5.82. The Balaban J connectivity index is 1.63. The van der Waals surface area contributed by atoms with Crippen LogP contribution in [-0.2, 0) is 0 Å². The first-order valence-electron chi connectivity index (χ1n) is 8.36. The number of rotatable bonds is 5. The molecule has 124 valence electrons. The van der Waals surface area contributed by atoms with Crippen molar-refractivity contribution < 1.29 is 4.92 Å². The maximum Gasteiger partial charge on any atom is 0.270 e. The zero-order valence-corrected chi connectivity index (χ0v) is 13.5. The molecule has 0 saturated heterocycles. The number of nitrogens with zero attached hydrogens (tertiary/aromatic N) is 2. The lowest BCUT2D eigenvalue weighted by Crippen LogP contribution is -2.21. The molecule has 1 fully saturated rings. The number of benzene rings is 2. The fourth-order valence-corrected chi connectivity index (χ4v) is 2.99. The standard InChI is InChI=1S/C19H21N3O2/c23-22(24)19-8-4-5-15(13-19)14-20-16-9-11-18(12-10-16)21-17-6-2-1-3-7-17/h4-5,8-14,17,21H,1-3,6-7H2. The van der Waals surface area contributed by atoms with Gasteiger partial charge in [-0.1, -0.05) is 31.4 Å². The summed E-state index contributed by atoms with van der Waals surface area (Å²) in [6, 6.07) is 15.0. The molecule has 0 aromatic heterocycles. The molecule has 1 aliphatic rings. The Morgan fingerprint density at radius 2 is 1.83 bits per heavy atom. The molecule has 5 nitrogen and oxygen atoms in total. The molecule has 24 heavy (non-hydrogen) atoms. The van der Waals surface area contributed by atoms with Crippen LogP contribution < -0.4 is 5.32 Å². The summed E-state index contributed by atoms with van der Waals surface area (Å²) >= 11 is 0. The second-order valence-corrected chi connectivity index (χ2v) is 6.14. The van der Waals surface area contributed by atoms with Gasteiger partial charge in [-0.15, -0.1) is 0 Å². The van der Waals surface area contributed by atoms with Crippen LogP contribution in [-0.4, -0.2) is 17.2 Å². The summed E-state index contributed by atoms with van der Waals surface area (Å²) in [5.41, 5.74) is 2.74. The Hall–Kier alpha value is -2.69. The lowest BCUT2D eigenvalue weighted by Gasteiger charge is -2.23. The third-order valence-corrected chi connectivity index (χ3v) is 4.29. The molecule has 0 bridgehead atoms. The van der Waals surface area contributed by atoms with Crippen molar-refractivity contribution in [1.82, 2.24) is 0 Å². The fourth-order valence-electron chi connectivity index (χ4n) is 2.99. The number of hydrogen-bond donors (Lipinski definition) is 1. The van der Waals surface area contributed by atoms with E-state index >= 15 is 0 Å². The molecule has 1 saturated carbocycles. The molecule has 2 aromatic rings. The van der Waals surface area contributed by atoms with Gasteiger partial charge in [-0.3, -0.25) is 15.1 Å². The third kappa shape index (κ3) is 4.41. The predicted molar refractivity (Wildman–Crippen MR) is 97.3 cm³/mol. The van der Waals surface area contributed by atoms with E-state index in [0.717, 1.165) is 11.4 Å². The van der Waals surface area contributed by atoms with Crippen LogP contribution in [0.15, 0.2) is 53.5 Å². The number of nitro benzene ring substituents is 1. The topological polar surface area (TPSA) is 67.5 Å². The van der Waals surface area contributed by atoms with Crippen molar-refractivity contribution in [3.63, 3.8) is 0 Å². The van der Waals surface area contributed by atoms with Crippen LogP contribution in [0.25, 0.3) is 0 Å². The van der Waals surface area contributed by atoms with Crippen LogP contribution in [0, 0.1) is 10.1 Å². The quantitative estimate of drug-likeness (QED) is 0.473. The molecule has 0 radical (unpaired) electrons. The van der Waals surface area contributed by atoms with Crippen LogP contribution in [0.1, 0.15) is 37.7 Å². The number of nitro groups is 1. The number of non-ortho nitro benzene ring substituents is 1. The normalized spacial score (nSPS) is 15.5. The van der Waals surface area contributed by atoms with Gasteiger partial charge in [0.05, 0.1) is 10.6 Å². The minimum Gasteiger partial charge on any atom is -0.382 e. The molecule has 1 N–H and O–H groups in total. The van der Waals surface area contributed by atoms with Crippen LogP contribution in [0.2, 0.25) is 0 Å². The van der Waals surface area contributed by atoms with Crippen molar-refractivity contribution in [2.75, 3.05) is 5.32 Å². The Morgan fingerprint density at radius 3 is 2.54 bits per heavy atom. The molecule has 0 unspecified atom stereocenters. The molecule has 0 aliphatic heterocycles. The summed E-state index contributed by atoms with van der Waals surface area (Å²) in [4.78, 5) is 14.8. The first-order chi connectivity index (χ1) is 11.7. The highest BCUT2D eigenvalue weighted by Crippen LogP contribution is 2.23. The van der Waals surface area contributed by atoms with Gasteiger partial charge in [0.25, 0.3) is 5.69 Å². The van der Waals surface area contributed by atoms with Gasteiger partial charge >= 0.3 is 0 Å². The smallest absolute Gasteiger partial charge is 0.270 e. The van der Waals surface area contributed by atoms with Gasteiger partial charge in [0.15, 0.2) is 0 Å². The molecule has 0 spiro atoms. The van der Waals surface area contributed by atoms with Crippen molar-refractivity contribution in [1.29, 1.82) is 0 Å². The van der Waals surface area contributed by atoms with E-state index < -0.39 is 4.92 Å². The average Bonchev–Trinajstić information content (AvgIpc) is 2.62. The molecule has 0 atom stereocenters. The highest BCUT2D eigenvalue weighted by atomic mass is 16.6. The Morgan fingerprint density at radius 1 is 1.08 bits per heavy atom. The van der Waals surface area contributed by atoms with Gasteiger partial charge in [0.2, 0.25) is 0 Å². The summed E-state index contributed by atoms with van der Waals surface area (Å²) in [5.74, 6) is 0. The van der Waals surface area contributed by atoms with Crippen LogP contribution in [0.3, 0.4) is 0 Å². The Bertz CT molecular complexity index is 720. The molecule has 0 heterocycles. The summed E-state index contributed by atoms with van der Waals surface area (Å²) in [6.45, 7) is 0. The maximum absolute atomic E-state index is 10.8. The van der Waals surface area contributed by atoms with E-state index in [1.54, 1.807) is 18.3 Å². The number of nitrogens with one attached hydrogen (secondary N) is 1. The lowest BCUT2D eigenvalue weighted by molar-refractivity contribution is -0.384. The number of anilines is 1. The molecule has 2 aromatic carbocycles. The van der Waals surface area contributed by atoms with E-state index in [-0.39, 0.29) is 5.69 Å². The summed E-state index contributed by atoms with van der Waals surface area (Å²) < 4.78 is 0. The molecule has 3 rings (SSSR count). The van der Waals surface area contributed by atoms with Gasteiger partial charge in [0.1, 0.15) is 0 Å². The molecule has 1 aliphatic carbocycles. The highest BCUT2D eigenvalue weighted by Gasteiger charge is 2.12. The summed E-state index contributed by atoms with van der Waals surface area (Å²) in [5, 5.41) is 14.4. The monoisotopic (exact) mass is 323 g/mol. The molecule has 0 amide bonds. The van der Waals surface area contributed by atoms with E-state index in [1.165, 1.54) is 44.2 Å². The van der Waals surface area contributed by atoms with E-state index in [2.05, 4.69) is 10.3 Å². The summed E-state index contributed by atoms with van der Waals surface area (Å²) in [6.07, 6.45) is 8.10. The molecule has 5 heteroatoms. The van der Waals surface area contributed by atoms with Gasteiger partial charge in [0, 0.05) is 30.1 Å². The first-order valence-corrected chi connectivity index (χ1v) is 8.36. The van der Waals surface area contributed by atoms with E-state index in [0.29, 0.717) is 11.6 Å². The molecular weight excluding hydrogens is 302 g/mol. The van der Waals surface area contributed by atoms with Gasteiger partial charge in [-0.05, 0) is 42.7 Å². The zero-order valence-electron chi connectivity index (χ0n) is 13.5. The van der Waals surface area contributed by atoms with E-state index in [4.69, 9.17) is 0 Å². The van der Waals surface area contributed by atoms with Gasteiger partial charge < -0.3 is 5.32 Å². The third-order valence-electron chi connectivity index (χ3n) is 4.29. The zero-order chi connectivity index (χ0) is 16.8. The van der Waals surface area contributed by atoms with E-state index in [9.17, 15) is 10.1 Å². The van der Waals surface area contributed by atoms with Crippen LogP contribution in [0.4, 0.5) is 17.1 Å². The largest absolute Gasteiger partial charge is 0.382 e. The second kappa shape index (κ2) is 7.73. The van der Waals surface area contributed by atoms with Crippen molar-refractivity contribution in [2.24, 2.45) is 4.99 Å². The SMILES string of the molecule is O=[N+]([O-])c1cccc(C=Nc2ccc(NC3CCCCC3)cc2)c1. The Labute approximate surface area is 141 Å². The predicted octanol–water partition coefficient (Wildman–Crippen LogP) is 5.09. The minimum absolute atomic E-state index is 0.0750. The van der Waals surface area contributed by atoms with Crippen LogP contribution in [0.5, 0.6) is 0 Å². The Kier molecular flexibility index (Phi) is 5.21. The van der Waals surface area contributed by atoms with Crippen molar-refractivity contribution in [2.45, 2.75) is 38.1 Å². The van der Waals surface area contributed by atoms with Crippen molar-refractivity contribution in [3.05, 3.63) is 64.2 Å². The fraction of sp³-hybridized carbons (Fsp3) is 0.316.